The van der Waals surface area contributed by atoms with Crippen LogP contribution in [-0.4, -0.2) is 71.0 Å². The number of hydrogen-bond acceptors (Lipinski definition) is 5. The van der Waals surface area contributed by atoms with Crippen LogP contribution in [0.15, 0.2) is 28.1 Å². The predicted octanol–water partition coefficient (Wildman–Crippen LogP) is 2.10. The fourth-order valence-electron chi connectivity index (χ4n) is 4.74. The molecule has 8 heteroatoms. The molecule has 0 aromatic heterocycles. The number of guanidine groups is 1. The van der Waals surface area contributed by atoms with Gasteiger partial charge < -0.3 is 15.4 Å². The van der Waals surface area contributed by atoms with Crippen molar-refractivity contribution < 1.29 is 13.2 Å². The first-order valence-electron chi connectivity index (χ1n) is 10.9. The zero-order valence-corrected chi connectivity index (χ0v) is 19.4. The summed E-state index contributed by atoms with van der Waals surface area (Å²) in [5, 5.41) is 6.94. The van der Waals surface area contributed by atoms with Gasteiger partial charge in [-0.3, -0.25) is 9.89 Å². The number of sulfone groups is 1. The van der Waals surface area contributed by atoms with E-state index in [2.05, 4.69) is 20.5 Å². The summed E-state index contributed by atoms with van der Waals surface area (Å²) in [7, 11) is -1.41. The number of benzene rings is 1. The van der Waals surface area contributed by atoms with E-state index >= 15 is 0 Å². The van der Waals surface area contributed by atoms with E-state index in [9.17, 15) is 8.42 Å². The molecule has 0 spiro atoms. The van der Waals surface area contributed by atoms with E-state index in [1.807, 2.05) is 19.1 Å². The molecule has 0 unspecified atom stereocenters. The fourth-order valence-corrected chi connectivity index (χ4v) is 5.70. The van der Waals surface area contributed by atoms with E-state index in [1.165, 1.54) is 38.4 Å². The quantitative estimate of drug-likeness (QED) is 0.525. The average molecular weight is 437 g/mol. The normalized spacial score (nSPS) is 20.7. The van der Waals surface area contributed by atoms with Crippen LogP contribution in [-0.2, 0) is 21.1 Å². The highest BCUT2D eigenvalue weighted by molar-refractivity contribution is 7.90. The number of hydrogen-bond donors (Lipinski definition) is 2. The van der Waals surface area contributed by atoms with E-state index < -0.39 is 9.84 Å². The molecule has 30 heavy (non-hydrogen) atoms. The van der Waals surface area contributed by atoms with E-state index in [1.54, 1.807) is 13.1 Å². The summed E-state index contributed by atoms with van der Waals surface area (Å²) in [4.78, 5) is 7.40. The van der Waals surface area contributed by atoms with Gasteiger partial charge in [0.1, 0.15) is 0 Å². The lowest BCUT2D eigenvalue weighted by Gasteiger charge is -2.48. The van der Waals surface area contributed by atoms with Crippen molar-refractivity contribution >= 4 is 15.8 Å². The van der Waals surface area contributed by atoms with Gasteiger partial charge in [0.05, 0.1) is 18.1 Å². The van der Waals surface area contributed by atoms with Crippen LogP contribution < -0.4 is 10.6 Å². The van der Waals surface area contributed by atoms with Gasteiger partial charge in [0.25, 0.3) is 0 Å². The Morgan fingerprint density at radius 1 is 1.17 bits per heavy atom. The molecule has 168 valence electrons. The summed E-state index contributed by atoms with van der Waals surface area (Å²) in [5.41, 5.74) is 1.98. The highest BCUT2D eigenvalue weighted by Gasteiger charge is 2.38. The molecule has 1 aromatic carbocycles. The molecule has 7 nitrogen and oxygen atoms in total. The average Bonchev–Trinajstić information content (AvgIpc) is 2.74. The molecule has 0 radical (unpaired) electrons. The minimum Gasteiger partial charge on any atom is -0.379 e. The van der Waals surface area contributed by atoms with Crippen LogP contribution in [0.2, 0.25) is 0 Å². The highest BCUT2D eigenvalue weighted by atomic mass is 32.2. The van der Waals surface area contributed by atoms with E-state index in [-0.39, 0.29) is 5.54 Å². The van der Waals surface area contributed by atoms with Crippen molar-refractivity contribution in [2.24, 2.45) is 4.99 Å². The van der Waals surface area contributed by atoms with Crippen LogP contribution in [0.5, 0.6) is 0 Å². The summed E-state index contributed by atoms with van der Waals surface area (Å²) in [5.74, 6) is 0.776. The van der Waals surface area contributed by atoms with Gasteiger partial charge in [-0.05, 0) is 37.0 Å². The van der Waals surface area contributed by atoms with Gasteiger partial charge in [0, 0.05) is 45.0 Å². The minimum atomic E-state index is -3.19. The Morgan fingerprint density at radius 3 is 2.47 bits per heavy atom. The first-order valence-corrected chi connectivity index (χ1v) is 12.8. The molecule has 1 aliphatic carbocycles. The molecule has 0 atom stereocenters. The van der Waals surface area contributed by atoms with Crippen molar-refractivity contribution in [3.63, 3.8) is 0 Å². The first kappa shape index (κ1) is 23.0. The van der Waals surface area contributed by atoms with Crippen LogP contribution in [0.4, 0.5) is 0 Å². The lowest BCUT2D eigenvalue weighted by Crippen LogP contribution is -2.60. The minimum absolute atomic E-state index is 0.174. The van der Waals surface area contributed by atoms with Crippen molar-refractivity contribution in [2.75, 3.05) is 46.2 Å². The Morgan fingerprint density at radius 2 is 1.87 bits per heavy atom. The maximum Gasteiger partial charge on any atom is 0.191 e. The number of nitrogens with one attached hydrogen (secondary N) is 2. The summed E-state index contributed by atoms with van der Waals surface area (Å²) in [6.07, 6.45) is 7.54. The summed E-state index contributed by atoms with van der Waals surface area (Å²) in [6.45, 7) is 6.93. The van der Waals surface area contributed by atoms with Gasteiger partial charge in [-0.25, -0.2) is 8.42 Å². The monoisotopic (exact) mass is 436 g/mol. The largest absolute Gasteiger partial charge is 0.379 e. The van der Waals surface area contributed by atoms with Gasteiger partial charge in [-0.15, -0.1) is 0 Å². The topological polar surface area (TPSA) is 83.0 Å². The maximum atomic E-state index is 11.8. The number of aryl methyl sites for hydroxylation is 1. The lowest BCUT2D eigenvalue weighted by atomic mass is 9.80. The molecule has 1 heterocycles. The molecule has 0 amide bonds. The van der Waals surface area contributed by atoms with Crippen LogP contribution >= 0.6 is 0 Å². The number of nitrogens with zero attached hydrogens (tertiary/aromatic N) is 2. The van der Waals surface area contributed by atoms with E-state index in [0.29, 0.717) is 11.4 Å². The van der Waals surface area contributed by atoms with Crippen LogP contribution in [0.25, 0.3) is 0 Å². The summed E-state index contributed by atoms with van der Waals surface area (Å²) in [6, 6.07) is 5.47. The van der Waals surface area contributed by atoms with Crippen molar-refractivity contribution in [1.82, 2.24) is 15.5 Å². The summed E-state index contributed by atoms with van der Waals surface area (Å²) < 4.78 is 29.2. The number of morpholine rings is 1. The highest BCUT2D eigenvalue weighted by Crippen LogP contribution is 2.33. The number of ether oxygens (including phenoxy) is 1. The molecular formula is C22H36N4O3S. The fraction of sp³-hybridized carbons (Fsp3) is 0.682. The van der Waals surface area contributed by atoms with Gasteiger partial charge in [-0.1, -0.05) is 31.4 Å². The summed E-state index contributed by atoms with van der Waals surface area (Å²) >= 11 is 0. The zero-order valence-electron chi connectivity index (χ0n) is 18.5. The Bertz CT molecular complexity index is 842. The molecule has 1 saturated carbocycles. The molecule has 1 aliphatic heterocycles. The molecule has 2 fully saturated rings. The Labute approximate surface area is 181 Å². The van der Waals surface area contributed by atoms with E-state index in [4.69, 9.17) is 4.74 Å². The van der Waals surface area contributed by atoms with Gasteiger partial charge in [0.15, 0.2) is 15.8 Å². The second kappa shape index (κ2) is 10.1. The molecule has 2 aliphatic rings. The number of rotatable bonds is 6. The maximum absolute atomic E-state index is 11.8. The van der Waals surface area contributed by atoms with Gasteiger partial charge in [0.2, 0.25) is 0 Å². The van der Waals surface area contributed by atoms with Crippen LogP contribution in [0.3, 0.4) is 0 Å². The van der Waals surface area contributed by atoms with Crippen LogP contribution in [0.1, 0.15) is 43.2 Å². The predicted molar refractivity (Wildman–Crippen MR) is 121 cm³/mol. The number of aliphatic imine (C=N–C) groups is 1. The molecule has 1 aromatic rings. The molecule has 1 saturated heterocycles. The molecule has 0 bridgehead atoms. The van der Waals surface area contributed by atoms with Crippen LogP contribution in [0, 0.1) is 6.92 Å². The second-order valence-corrected chi connectivity index (χ2v) is 10.5. The Balaban J connectivity index is 1.60. The van der Waals surface area contributed by atoms with Crippen molar-refractivity contribution in [1.29, 1.82) is 0 Å². The zero-order chi connectivity index (χ0) is 21.6. The smallest absolute Gasteiger partial charge is 0.191 e. The third-order valence-corrected chi connectivity index (χ3v) is 7.63. The third kappa shape index (κ3) is 5.74. The van der Waals surface area contributed by atoms with Crippen molar-refractivity contribution in [2.45, 2.75) is 56.0 Å². The van der Waals surface area contributed by atoms with Crippen molar-refractivity contribution in [3.05, 3.63) is 29.3 Å². The van der Waals surface area contributed by atoms with E-state index in [0.717, 1.165) is 49.9 Å². The first-order chi connectivity index (χ1) is 14.3. The SMILES string of the molecule is CN=C(NCc1ccc(S(C)(=O)=O)c(C)c1)NCC1(N2CCOCC2)CCCCC1. The van der Waals surface area contributed by atoms with Gasteiger partial charge in [-0.2, -0.15) is 0 Å². The lowest BCUT2D eigenvalue weighted by molar-refractivity contribution is -0.0352. The van der Waals surface area contributed by atoms with Gasteiger partial charge >= 0.3 is 0 Å². The van der Waals surface area contributed by atoms with Crippen molar-refractivity contribution in [3.8, 4) is 0 Å². The third-order valence-electron chi connectivity index (χ3n) is 6.37. The Hall–Kier alpha value is -1.64. The second-order valence-electron chi connectivity index (χ2n) is 8.54. The molecule has 3 rings (SSSR count). The molecule has 2 N–H and O–H groups in total. The standard InChI is InChI=1S/C22H36N4O3S/c1-18-15-19(7-8-20(18)30(3,27)28)16-24-21(23-2)25-17-22(9-5-4-6-10-22)26-11-13-29-14-12-26/h7-8,15H,4-6,9-14,16-17H2,1-3H3,(H2,23,24,25). The Kier molecular flexibility index (Phi) is 7.76. The molecular weight excluding hydrogens is 400 g/mol.